The number of benzene rings is 2. The highest BCUT2D eigenvalue weighted by Gasteiger charge is 2.09. The van der Waals surface area contributed by atoms with Crippen LogP contribution in [-0.2, 0) is 13.2 Å². The van der Waals surface area contributed by atoms with Gasteiger partial charge in [-0.15, -0.1) is 0 Å². The highest BCUT2D eigenvalue weighted by Crippen LogP contribution is 2.19. The maximum Gasteiger partial charge on any atom is 0.135 e. The molecule has 2 aromatic carbocycles. The molecule has 3 aromatic rings. The molecule has 0 bridgehead atoms. The summed E-state index contributed by atoms with van der Waals surface area (Å²) in [6.45, 7) is 5.47. The van der Waals surface area contributed by atoms with Crippen LogP contribution in [0.25, 0.3) is 11.0 Å². The molecule has 0 saturated heterocycles. The van der Waals surface area contributed by atoms with Gasteiger partial charge in [-0.25, -0.2) is 4.98 Å². The Morgan fingerprint density at radius 3 is 2.52 bits per heavy atom. The molecule has 120 valence electrons. The number of aliphatic hydroxyl groups excluding tert-OH is 1. The van der Waals surface area contributed by atoms with Crippen molar-refractivity contribution in [3.8, 4) is 5.75 Å². The fourth-order valence-corrected chi connectivity index (χ4v) is 2.70. The topological polar surface area (TPSA) is 47.3 Å². The normalized spacial score (nSPS) is 11.3. The van der Waals surface area contributed by atoms with Gasteiger partial charge in [-0.05, 0) is 35.7 Å². The van der Waals surface area contributed by atoms with E-state index in [2.05, 4.69) is 31.0 Å². The second-order valence-electron chi connectivity index (χ2n) is 5.90. The molecular formula is C19H22N2O2. The third kappa shape index (κ3) is 3.37. The largest absolute Gasteiger partial charge is 0.492 e. The van der Waals surface area contributed by atoms with Gasteiger partial charge < -0.3 is 14.4 Å². The second kappa shape index (κ2) is 6.84. The van der Waals surface area contributed by atoms with Crippen LogP contribution in [0.3, 0.4) is 0 Å². The lowest BCUT2D eigenvalue weighted by Crippen LogP contribution is -2.11. The molecule has 4 heteroatoms. The first-order chi connectivity index (χ1) is 11.2. The summed E-state index contributed by atoms with van der Waals surface area (Å²) < 4.78 is 7.84. The van der Waals surface area contributed by atoms with Crippen molar-refractivity contribution in [1.82, 2.24) is 9.55 Å². The Morgan fingerprint density at radius 2 is 1.83 bits per heavy atom. The zero-order chi connectivity index (χ0) is 16.2. The summed E-state index contributed by atoms with van der Waals surface area (Å²) in [5.41, 5.74) is 3.23. The summed E-state index contributed by atoms with van der Waals surface area (Å²) in [5.74, 6) is 2.06. The lowest BCUT2D eigenvalue weighted by molar-refractivity contribution is 0.255. The number of rotatable bonds is 6. The van der Waals surface area contributed by atoms with E-state index in [0.717, 1.165) is 16.8 Å². The Kier molecular flexibility index (Phi) is 4.63. The molecule has 0 atom stereocenters. The van der Waals surface area contributed by atoms with Gasteiger partial charge in [0, 0.05) is 0 Å². The van der Waals surface area contributed by atoms with E-state index < -0.39 is 0 Å². The highest BCUT2D eigenvalue weighted by atomic mass is 16.5. The summed E-state index contributed by atoms with van der Waals surface area (Å²) in [7, 11) is 0. The van der Waals surface area contributed by atoms with Crippen molar-refractivity contribution in [3.63, 3.8) is 0 Å². The molecular weight excluding hydrogens is 288 g/mol. The van der Waals surface area contributed by atoms with Crippen LogP contribution in [0, 0.1) is 0 Å². The van der Waals surface area contributed by atoms with Crippen molar-refractivity contribution < 1.29 is 9.84 Å². The lowest BCUT2D eigenvalue weighted by atomic mass is 10.0. The predicted octanol–water partition coefficient (Wildman–Crippen LogP) is 3.73. The molecule has 0 aliphatic heterocycles. The summed E-state index contributed by atoms with van der Waals surface area (Å²) in [4.78, 5) is 4.45. The minimum atomic E-state index is -0.0717. The van der Waals surface area contributed by atoms with Gasteiger partial charge in [0.05, 0.1) is 17.6 Å². The highest BCUT2D eigenvalue weighted by molar-refractivity contribution is 5.75. The minimum absolute atomic E-state index is 0.0717. The number of hydrogen-bond donors (Lipinski definition) is 1. The second-order valence-corrected chi connectivity index (χ2v) is 5.90. The first-order valence-corrected chi connectivity index (χ1v) is 7.97. The van der Waals surface area contributed by atoms with Crippen molar-refractivity contribution in [2.75, 3.05) is 6.61 Å². The predicted molar refractivity (Wildman–Crippen MR) is 91.7 cm³/mol. The van der Waals surface area contributed by atoms with Crippen molar-refractivity contribution in [1.29, 1.82) is 0 Å². The number of para-hydroxylation sites is 2. The molecule has 0 unspecified atom stereocenters. The molecule has 0 radical (unpaired) electrons. The molecule has 0 saturated carbocycles. The van der Waals surface area contributed by atoms with Crippen LogP contribution in [0.4, 0.5) is 0 Å². The zero-order valence-electron chi connectivity index (χ0n) is 13.6. The first-order valence-electron chi connectivity index (χ1n) is 7.97. The average molecular weight is 310 g/mol. The van der Waals surface area contributed by atoms with Crippen molar-refractivity contribution in [2.45, 2.75) is 32.9 Å². The summed E-state index contributed by atoms with van der Waals surface area (Å²) in [6.07, 6.45) is 0. The van der Waals surface area contributed by atoms with Gasteiger partial charge in [-0.1, -0.05) is 38.1 Å². The molecule has 0 aliphatic rings. The van der Waals surface area contributed by atoms with E-state index in [1.807, 2.05) is 41.0 Å². The number of hydrogen-bond acceptors (Lipinski definition) is 3. The van der Waals surface area contributed by atoms with Gasteiger partial charge in [0.25, 0.3) is 0 Å². The molecule has 0 spiro atoms. The van der Waals surface area contributed by atoms with Gasteiger partial charge in [-0.2, -0.15) is 0 Å². The van der Waals surface area contributed by atoms with E-state index in [1.165, 1.54) is 5.56 Å². The maximum absolute atomic E-state index is 9.49. The maximum atomic E-state index is 9.49. The summed E-state index contributed by atoms with van der Waals surface area (Å²) in [5, 5.41) is 9.49. The fourth-order valence-electron chi connectivity index (χ4n) is 2.70. The Labute approximate surface area is 136 Å². The van der Waals surface area contributed by atoms with Crippen LogP contribution in [-0.4, -0.2) is 21.3 Å². The molecule has 0 aliphatic carbocycles. The molecule has 1 N–H and O–H groups in total. The van der Waals surface area contributed by atoms with Crippen molar-refractivity contribution in [2.24, 2.45) is 0 Å². The Balaban J connectivity index is 1.69. The molecule has 0 amide bonds. The number of nitrogens with zero attached hydrogens (tertiary/aromatic N) is 2. The standard InChI is InChI=1S/C19H22N2O2/c1-14(2)15-7-9-16(10-8-15)23-12-11-21-18-6-4-3-5-17(18)20-19(21)13-22/h3-10,14,22H,11-13H2,1-2H3. The van der Waals surface area contributed by atoms with Gasteiger partial charge >= 0.3 is 0 Å². The molecule has 0 fully saturated rings. The Bertz CT molecular complexity index is 776. The molecule has 23 heavy (non-hydrogen) atoms. The minimum Gasteiger partial charge on any atom is -0.492 e. The number of aromatic nitrogens is 2. The molecule has 1 aromatic heterocycles. The van der Waals surface area contributed by atoms with E-state index in [0.29, 0.717) is 24.9 Å². The fraction of sp³-hybridized carbons (Fsp3) is 0.316. The SMILES string of the molecule is CC(C)c1ccc(OCCn2c(CO)nc3ccccc32)cc1. The number of aliphatic hydroxyl groups is 1. The van der Waals surface area contributed by atoms with Crippen LogP contribution in [0.15, 0.2) is 48.5 Å². The van der Waals surface area contributed by atoms with E-state index >= 15 is 0 Å². The first kappa shape index (κ1) is 15.6. The third-order valence-electron chi connectivity index (χ3n) is 4.01. The molecule has 3 rings (SSSR count). The van der Waals surface area contributed by atoms with Gasteiger partial charge in [0.15, 0.2) is 0 Å². The van der Waals surface area contributed by atoms with Crippen molar-refractivity contribution >= 4 is 11.0 Å². The van der Waals surface area contributed by atoms with Gasteiger partial charge in [0.1, 0.15) is 24.8 Å². The smallest absolute Gasteiger partial charge is 0.135 e. The molecule has 4 nitrogen and oxygen atoms in total. The van der Waals surface area contributed by atoms with Crippen LogP contribution in [0.2, 0.25) is 0 Å². The molecule has 1 heterocycles. The van der Waals surface area contributed by atoms with E-state index in [4.69, 9.17) is 4.74 Å². The van der Waals surface area contributed by atoms with Crippen LogP contribution in [0.1, 0.15) is 31.2 Å². The summed E-state index contributed by atoms with van der Waals surface area (Å²) in [6, 6.07) is 16.1. The van der Waals surface area contributed by atoms with E-state index in [-0.39, 0.29) is 6.61 Å². The van der Waals surface area contributed by atoms with E-state index in [1.54, 1.807) is 0 Å². The quantitative estimate of drug-likeness (QED) is 0.754. The van der Waals surface area contributed by atoms with Gasteiger partial charge in [0.2, 0.25) is 0 Å². The summed E-state index contributed by atoms with van der Waals surface area (Å²) >= 11 is 0. The Morgan fingerprint density at radius 1 is 1.09 bits per heavy atom. The third-order valence-corrected chi connectivity index (χ3v) is 4.01. The number of ether oxygens (including phenoxy) is 1. The van der Waals surface area contributed by atoms with Crippen LogP contribution in [0.5, 0.6) is 5.75 Å². The van der Waals surface area contributed by atoms with E-state index in [9.17, 15) is 5.11 Å². The van der Waals surface area contributed by atoms with Gasteiger partial charge in [-0.3, -0.25) is 0 Å². The Hall–Kier alpha value is -2.33. The van der Waals surface area contributed by atoms with Crippen LogP contribution >= 0.6 is 0 Å². The average Bonchev–Trinajstić information content (AvgIpc) is 2.93. The monoisotopic (exact) mass is 310 g/mol. The van der Waals surface area contributed by atoms with Crippen molar-refractivity contribution in [3.05, 3.63) is 59.9 Å². The van der Waals surface area contributed by atoms with Crippen LogP contribution < -0.4 is 4.74 Å². The lowest BCUT2D eigenvalue weighted by Gasteiger charge is -2.11. The number of imidazole rings is 1. The number of fused-ring (bicyclic) bond motifs is 1. The zero-order valence-corrected chi connectivity index (χ0v) is 13.6.